The first kappa shape index (κ1) is 12.1. The van der Waals surface area contributed by atoms with Crippen LogP contribution in [-0.2, 0) is 11.3 Å². The highest BCUT2D eigenvalue weighted by Crippen LogP contribution is 2.20. The maximum Gasteiger partial charge on any atom is 0.237 e. The maximum atomic E-state index is 12.0. The van der Waals surface area contributed by atoms with E-state index >= 15 is 0 Å². The highest BCUT2D eigenvalue weighted by Gasteiger charge is 2.31. The van der Waals surface area contributed by atoms with Crippen molar-refractivity contribution < 1.29 is 4.79 Å². The number of hydrogen-bond acceptors (Lipinski definition) is 2. The van der Waals surface area contributed by atoms with Gasteiger partial charge in [0.15, 0.2) is 0 Å². The Balaban J connectivity index is 1.86. The summed E-state index contributed by atoms with van der Waals surface area (Å²) in [4.78, 5) is 14.2. The van der Waals surface area contributed by atoms with Gasteiger partial charge in [-0.05, 0) is 24.9 Å². The van der Waals surface area contributed by atoms with Crippen molar-refractivity contribution in [2.75, 3.05) is 13.6 Å². The molecule has 3 heteroatoms. The highest BCUT2D eigenvalue weighted by atomic mass is 16.2. The third kappa shape index (κ3) is 3.07. The normalized spacial score (nSPS) is 24.8. The fraction of sp³-hybridized carbons (Fsp3) is 0.500. The van der Waals surface area contributed by atoms with Gasteiger partial charge < -0.3 is 5.32 Å². The van der Waals surface area contributed by atoms with Gasteiger partial charge in [0.1, 0.15) is 0 Å². The van der Waals surface area contributed by atoms with Crippen LogP contribution in [0.3, 0.4) is 0 Å². The summed E-state index contributed by atoms with van der Waals surface area (Å²) in [5.74, 6) is 0.771. The van der Waals surface area contributed by atoms with Gasteiger partial charge in [0.05, 0.1) is 6.04 Å². The standard InChI is InChI=1S/C14H20N2O/c1-11-8-13(16(2)10-11)14(17)15-9-12-6-4-3-5-7-12/h3-7,11,13H,8-10H2,1-2H3,(H,15,17)/t11?,13-/m0/s1. The minimum absolute atomic E-state index is 0.0497. The van der Waals surface area contributed by atoms with Crippen LogP contribution in [0.5, 0.6) is 0 Å². The van der Waals surface area contributed by atoms with Gasteiger partial charge >= 0.3 is 0 Å². The molecule has 1 aliphatic heterocycles. The predicted octanol–water partition coefficient (Wildman–Crippen LogP) is 1.64. The molecular weight excluding hydrogens is 212 g/mol. The van der Waals surface area contributed by atoms with Crippen LogP contribution in [0.2, 0.25) is 0 Å². The second kappa shape index (κ2) is 5.32. The van der Waals surface area contributed by atoms with Crippen molar-refractivity contribution >= 4 is 5.91 Å². The molecule has 0 saturated carbocycles. The van der Waals surface area contributed by atoms with Gasteiger partial charge in [-0.25, -0.2) is 0 Å². The molecule has 1 amide bonds. The van der Waals surface area contributed by atoms with Crippen molar-refractivity contribution in [3.05, 3.63) is 35.9 Å². The number of nitrogens with one attached hydrogen (secondary N) is 1. The molecule has 0 aromatic heterocycles. The first-order valence-electron chi connectivity index (χ1n) is 6.18. The molecular formula is C14H20N2O. The van der Waals surface area contributed by atoms with Gasteiger partial charge in [0, 0.05) is 13.1 Å². The lowest BCUT2D eigenvalue weighted by Crippen LogP contribution is -2.41. The number of likely N-dealkylation sites (tertiary alicyclic amines) is 1. The number of amides is 1. The van der Waals surface area contributed by atoms with E-state index in [0.29, 0.717) is 12.5 Å². The van der Waals surface area contributed by atoms with E-state index in [4.69, 9.17) is 0 Å². The molecule has 0 radical (unpaired) electrons. The molecule has 1 aromatic carbocycles. The first-order chi connectivity index (χ1) is 8.16. The minimum Gasteiger partial charge on any atom is -0.351 e. The van der Waals surface area contributed by atoms with E-state index in [0.717, 1.165) is 18.5 Å². The first-order valence-corrected chi connectivity index (χ1v) is 6.18. The highest BCUT2D eigenvalue weighted by molar-refractivity contribution is 5.82. The van der Waals surface area contributed by atoms with Gasteiger partial charge in [-0.1, -0.05) is 37.3 Å². The molecule has 1 aromatic rings. The Hall–Kier alpha value is -1.35. The van der Waals surface area contributed by atoms with Gasteiger partial charge in [0.2, 0.25) is 5.91 Å². The van der Waals surface area contributed by atoms with Crippen molar-refractivity contribution in [3.8, 4) is 0 Å². The smallest absolute Gasteiger partial charge is 0.237 e. The van der Waals surface area contributed by atoms with Gasteiger partial charge in [0.25, 0.3) is 0 Å². The number of benzene rings is 1. The summed E-state index contributed by atoms with van der Waals surface area (Å²) >= 11 is 0. The largest absolute Gasteiger partial charge is 0.351 e. The number of nitrogens with zero attached hydrogens (tertiary/aromatic N) is 1. The van der Waals surface area contributed by atoms with Gasteiger partial charge in [-0.15, -0.1) is 0 Å². The zero-order chi connectivity index (χ0) is 12.3. The topological polar surface area (TPSA) is 32.3 Å². The molecule has 0 bridgehead atoms. The number of rotatable bonds is 3. The third-order valence-electron chi connectivity index (χ3n) is 3.37. The number of carbonyl (C=O) groups is 1. The molecule has 2 atom stereocenters. The maximum absolute atomic E-state index is 12.0. The Kier molecular flexibility index (Phi) is 3.79. The molecule has 92 valence electrons. The summed E-state index contributed by atoms with van der Waals surface area (Å²) in [6.45, 7) is 3.84. The second-order valence-corrected chi connectivity index (χ2v) is 5.00. The fourth-order valence-corrected chi connectivity index (χ4v) is 2.46. The molecule has 1 fully saturated rings. The van der Waals surface area contributed by atoms with E-state index in [1.54, 1.807) is 0 Å². The number of likely N-dealkylation sites (N-methyl/N-ethyl adjacent to an activating group) is 1. The Morgan fingerprint density at radius 3 is 2.71 bits per heavy atom. The van der Waals surface area contributed by atoms with Crippen molar-refractivity contribution in [1.82, 2.24) is 10.2 Å². The quantitative estimate of drug-likeness (QED) is 0.859. The van der Waals surface area contributed by atoms with Crippen molar-refractivity contribution in [2.45, 2.75) is 25.9 Å². The molecule has 1 saturated heterocycles. The summed E-state index contributed by atoms with van der Waals surface area (Å²) in [6.07, 6.45) is 0.969. The molecule has 2 rings (SSSR count). The Bertz CT molecular complexity index is 377. The Morgan fingerprint density at radius 2 is 2.12 bits per heavy atom. The molecule has 1 unspecified atom stereocenters. The van der Waals surface area contributed by atoms with Gasteiger partial charge in [-0.3, -0.25) is 9.69 Å². The molecule has 17 heavy (non-hydrogen) atoms. The Morgan fingerprint density at radius 1 is 1.41 bits per heavy atom. The van der Waals surface area contributed by atoms with Crippen LogP contribution in [-0.4, -0.2) is 30.4 Å². The van der Waals surface area contributed by atoms with E-state index in [-0.39, 0.29) is 11.9 Å². The van der Waals surface area contributed by atoms with E-state index in [1.165, 1.54) is 0 Å². The third-order valence-corrected chi connectivity index (χ3v) is 3.37. The van der Waals surface area contributed by atoms with E-state index in [2.05, 4.69) is 17.1 Å². The van der Waals surface area contributed by atoms with Crippen LogP contribution in [0, 0.1) is 5.92 Å². The van der Waals surface area contributed by atoms with E-state index < -0.39 is 0 Å². The van der Waals surface area contributed by atoms with Crippen LogP contribution >= 0.6 is 0 Å². The van der Waals surface area contributed by atoms with Crippen LogP contribution in [0.4, 0.5) is 0 Å². The zero-order valence-electron chi connectivity index (χ0n) is 10.5. The van der Waals surface area contributed by atoms with E-state index in [9.17, 15) is 4.79 Å². The summed E-state index contributed by atoms with van der Waals surface area (Å²) in [5, 5.41) is 3.01. The van der Waals surface area contributed by atoms with Crippen LogP contribution < -0.4 is 5.32 Å². The summed E-state index contributed by atoms with van der Waals surface area (Å²) in [6, 6.07) is 10.1. The molecule has 1 aliphatic rings. The molecule has 1 heterocycles. The SMILES string of the molecule is CC1C[C@@H](C(=O)NCc2ccccc2)N(C)C1. The molecule has 1 N–H and O–H groups in total. The fourth-order valence-electron chi connectivity index (χ4n) is 2.46. The lowest BCUT2D eigenvalue weighted by atomic mass is 10.1. The zero-order valence-corrected chi connectivity index (χ0v) is 10.5. The molecule has 0 spiro atoms. The number of hydrogen-bond donors (Lipinski definition) is 1. The predicted molar refractivity (Wildman–Crippen MR) is 68.5 cm³/mol. The summed E-state index contributed by atoms with van der Waals surface area (Å²) in [7, 11) is 2.02. The number of carbonyl (C=O) groups excluding carboxylic acids is 1. The molecule has 0 aliphatic carbocycles. The lowest BCUT2D eigenvalue weighted by Gasteiger charge is -2.18. The average Bonchev–Trinajstić information content (AvgIpc) is 2.67. The lowest BCUT2D eigenvalue weighted by molar-refractivity contribution is -0.125. The minimum atomic E-state index is 0.0497. The van der Waals surface area contributed by atoms with Crippen LogP contribution in [0.25, 0.3) is 0 Å². The van der Waals surface area contributed by atoms with Crippen molar-refractivity contribution in [3.63, 3.8) is 0 Å². The van der Waals surface area contributed by atoms with E-state index in [1.807, 2.05) is 37.4 Å². The second-order valence-electron chi connectivity index (χ2n) is 5.00. The Labute approximate surface area is 103 Å². The van der Waals surface area contributed by atoms with Gasteiger partial charge in [-0.2, -0.15) is 0 Å². The molecule has 3 nitrogen and oxygen atoms in total. The van der Waals surface area contributed by atoms with Crippen molar-refractivity contribution in [1.29, 1.82) is 0 Å². The summed E-state index contributed by atoms with van der Waals surface area (Å²) < 4.78 is 0. The average molecular weight is 232 g/mol. The van der Waals surface area contributed by atoms with Crippen LogP contribution in [0.15, 0.2) is 30.3 Å². The van der Waals surface area contributed by atoms with Crippen LogP contribution in [0.1, 0.15) is 18.9 Å². The summed E-state index contributed by atoms with van der Waals surface area (Å²) in [5.41, 5.74) is 1.15. The van der Waals surface area contributed by atoms with Crippen molar-refractivity contribution in [2.24, 2.45) is 5.92 Å². The monoisotopic (exact) mass is 232 g/mol.